The molecule has 1 aliphatic rings. The lowest BCUT2D eigenvalue weighted by Gasteiger charge is -2.29. The molecule has 1 aromatic heterocycles. The van der Waals surface area contributed by atoms with Gasteiger partial charge in [-0.1, -0.05) is 29.8 Å². The van der Waals surface area contributed by atoms with Crippen molar-refractivity contribution in [3.05, 3.63) is 94.3 Å². The minimum atomic E-state index is -0.753. The molecule has 32 heavy (non-hydrogen) atoms. The van der Waals surface area contributed by atoms with Crippen LogP contribution in [0.25, 0.3) is 0 Å². The van der Waals surface area contributed by atoms with Crippen molar-refractivity contribution in [2.75, 3.05) is 12.4 Å². The van der Waals surface area contributed by atoms with Crippen molar-refractivity contribution in [1.29, 1.82) is 0 Å². The molecule has 0 unspecified atom stereocenters. The normalized spacial score (nSPS) is 15.6. The van der Waals surface area contributed by atoms with Gasteiger partial charge in [0.05, 0.1) is 11.3 Å². The summed E-state index contributed by atoms with van der Waals surface area (Å²) in [6, 6.07) is 14.7. The van der Waals surface area contributed by atoms with Crippen LogP contribution in [0, 0.1) is 0 Å². The number of hydrogen-bond donors (Lipinski definition) is 2. The summed E-state index contributed by atoms with van der Waals surface area (Å²) in [5.41, 5.74) is 2.92. The number of amides is 3. The van der Waals surface area contributed by atoms with Crippen molar-refractivity contribution in [1.82, 2.24) is 15.2 Å². The Morgan fingerprint density at radius 1 is 1.12 bits per heavy atom. The van der Waals surface area contributed by atoms with Gasteiger partial charge >= 0.3 is 0 Å². The summed E-state index contributed by atoms with van der Waals surface area (Å²) in [6.45, 7) is 0.202. The lowest BCUT2D eigenvalue weighted by Crippen LogP contribution is -2.46. The number of hydrogen-bond acceptors (Lipinski definition) is 4. The average molecular weight is 449 g/mol. The summed E-state index contributed by atoms with van der Waals surface area (Å²) < 4.78 is 0. The van der Waals surface area contributed by atoms with Crippen LogP contribution in [0.5, 0.6) is 0 Å². The van der Waals surface area contributed by atoms with Gasteiger partial charge in [-0.05, 0) is 47.5 Å². The highest BCUT2D eigenvalue weighted by atomic mass is 35.5. The van der Waals surface area contributed by atoms with Gasteiger partial charge in [0.15, 0.2) is 0 Å². The van der Waals surface area contributed by atoms with E-state index in [0.717, 1.165) is 11.1 Å². The topological polar surface area (TPSA) is 91.4 Å². The Morgan fingerprint density at radius 3 is 2.59 bits per heavy atom. The second-order valence-corrected chi connectivity index (χ2v) is 7.91. The van der Waals surface area contributed by atoms with Gasteiger partial charge in [-0.25, -0.2) is 0 Å². The number of rotatable bonds is 5. The molecule has 162 valence electrons. The fourth-order valence-electron chi connectivity index (χ4n) is 3.69. The third-order valence-electron chi connectivity index (χ3n) is 5.36. The van der Waals surface area contributed by atoms with Gasteiger partial charge in [-0.3, -0.25) is 19.4 Å². The highest BCUT2D eigenvalue weighted by Crippen LogP contribution is 2.28. The van der Waals surface area contributed by atoms with Crippen LogP contribution in [0.15, 0.2) is 67.0 Å². The molecule has 0 saturated carbocycles. The SMILES string of the molecule is CNC(=O)c1ccc(CN2C(=O)c3ccc(Cl)cc3NC(=O)[C@H]2Cc2cccnc2)cc1. The Bertz CT molecular complexity index is 1170. The predicted octanol–water partition coefficient (Wildman–Crippen LogP) is 3.30. The van der Waals surface area contributed by atoms with Crippen LogP contribution < -0.4 is 10.6 Å². The lowest BCUT2D eigenvalue weighted by atomic mass is 10.0. The first-order valence-corrected chi connectivity index (χ1v) is 10.5. The first-order chi connectivity index (χ1) is 15.5. The van der Waals surface area contributed by atoms with Crippen molar-refractivity contribution in [3.8, 4) is 0 Å². The van der Waals surface area contributed by atoms with Crippen molar-refractivity contribution in [2.24, 2.45) is 0 Å². The maximum Gasteiger partial charge on any atom is 0.256 e. The lowest BCUT2D eigenvalue weighted by molar-refractivity contribution is -0.120. The molecular formula is C24H21ClN4O3. The van der Waals surface area contributed by atoms with E-state index in [-0.39, 0.29) is 24.3 Å². The molecule has 2 N–H and O–H groups in total. The fraction of sp³-hybridized carbons (Fsp3) is 0.167. The third kappa shape index (κ3) is 4.48. The third-order valence-corrected chi connectivity index (χ3v) is 5.59. The van der Waals surface area contributed by atoms with E-state index < -0.39 is 6.04 Å². The van der Waals surface area contributed by atoms with Gasteiger partial charge in [-0.15, -0.1) is 0 Å². The van der Waals surface area contributed by atoms with Crippen molar-refractivity contribution >= 4 is 35.0 Å². The number of carbonyl (C=O) groups is 3. The number of nitrogens with zero attached hydrogens (tertiary/aromatic N) is 2. The number of nitrogens with one attached hydrogen (secondary N) is 2. The second kappa shape index (κ2) is 9.20. The molecule has 0 spiro atoms. The second-order valence-electron chi connectivity index (χ2n) is 7.47. The number of carbonyl (C=O) groups excluding carboxylic acids is 3. The van der Waals surface area contributed by atoms with E-state index in [1.54, 1.807) is 72.9 Å². The summed E-state index contributed by atoms with van der Waals surface area (Å²) >= 11 is 6.09. The summed E-state index contributed by atoms with van der Waals surface area (Å²) in [4.78, 5) is 44.2. The summed E-state index contributed by atoms with van der Waals surface area (Å²) in [7, 11) is 1.57. The van der Waals surface area contributed by atoms with E-state index in [1.807, 2.05) is 6.07 Å². The smallest absolute Gasteiger partial charge is 0.256 e. The Balaban J connectivity index is 1.71. The number of fused-ring (bicyclic) bond motifs is 1. The summed E-state index contributed by atoms with van der Waals surface area (Å²) in [5.74, 6) is -0.772. The molecule has 2 heterocycles. The molecule has 0 radical (unpaired) electrons. The predicted molar refractivity (Wildman–Crippen MR) is 122 cm³/mol. The highest BCUT2D eigenvalue weighted by molar-refractivity contribution is 6.31. The van der Waals surface area contributed by atoms with Crippen molar-refractivity contribution < 1.29 is 14.4 Å². The maximum absolute atomic E-state index is 13.5. The van der Waals surface area contributed by atoms with Gasteiger partial charge in [0.25, 0.3) is 11.8 Å². The van der Waals surface area contributed by atoms with Gasteiger partial charge < -0.3 is 15.5 Å². The van der Waals surface area contributed by atoms with E-state index in [1.165, 1.54) is 0 Å². The minimum Gasteiger partial charge on any atom is -0.355 e. The number of benzene rings is 2. The zero-order chi connectivity index (χ0) is 22.7. The van der Waals surface area contributed by atoms with Crippen LogP contribution >= 0.6 is 11.6 Å². The Labute approximate surface area is 190 Å². The maximum atomic E-state index is 13.5. The standard InChI is InChI=1S/C24H21ClN4O3/c1-26-22(30)17-6-4-15(5-7-17)14-29-21(11-16-3-2-10-27-13-16)23(31)28-20-12-18(25)8-9-19(20)24(29)32/h2-10,12-13,21H,11,14H2,1H3,(H,26,30)(H,28,31)/t21-/m1/s1. The van der Waals surface area contributed by atoms with Crippen molar-refractivity contribution in [3.63, 3.8) is 0 Å². The molecule has 8 heteroatoms. The Kier molecular flexibility index (Phi) is 6.18. The molecule has 0 bridgehead atoms. The Morgan fingerprint density at radius 2 is 1.91 bits per heavy atom. The number of halogens is 1. The zero-order valence-corrected chi connectivity index (χ0v) is 18.1. The fourth-order valence-corrected chi connectivity index (χ4v) is 3.86. The quantitative estimate of drug-likeness (QED) is 0.626. The van der Waals surface area contributed by atoms with E-state index >= 15 is 0 Å². The summed E-state index contributed by atoms with van der Waals surface area (Å²) in [5, 5.41) is 5.86. The molecule has 0 saturated heterocycles. The molecule has 3 amide bonds. The van der Waals surface area contributed by atoms with Gasteiger partial charge in [0, 0.05) is 43.0 Å². The number of pyridine rings is 1. The molecule has 7 nitrogen and oxygen atoms in total. The highest BCUT2D eigenvalue weighted by Gasteiger charge is 2.35. The van der Waals surface area contributed by atoms with Crippen LogP contribution in [0.1, 0.15) is 31.8 Å². The molecule has 0 fully saturated rings. The molecule has 0 aliphatic carbocycles. The van der Waals surface area contributed by atoms with E-state index in [9.17, 15) is 14.4 Å². The van der Waals surface area contributed by atoms with E-state index in [0.29, 0.717) is 28.3 Å². The van der Waals surface area contributed by atoms with Gasteiger partial charge in [-0.2, -0.15) is 0 Å². The van der Waals surface area contributed by atoms with E-state index in [4.69, 9.17) is 11.6 Å². The zero-order valence-electron chi connectivity index (χ0n) is 17.3. The van der Waals surface area contributed by atoms with Crippen LogP contribution in [0.3, 0.4) is 0 Å². The monoisotopic (exact) mass is 448 g/mol. The first kappa shape index (κ1) is 21.5. The molecule has 3 aromatic rings. The van der Waals surface area contributed by atoms with Crippen LogP contribution in [0.2, 0.25) is 5.02 Å². The largest absolute Gasteiger partial charge is 0.355 e. The minimum absolute atomic E-state index is 0.193. The number of anilines is 1. The van der Waals surface area contributed by atoms with Gasteiger partial charge in [0.2, 0.25) is 5.91 Å². The van der Waals surface area contributed by atoms with Crippen LogP contribution in [0.4, 0.5) is 5.69 Å². The van der Waals surface area contributed by atoms with Crippen LogP contribution in [-0.2, 0) is 17.8 Å². The van der Waals surface area contributed by atoms with Crippen molar-refractivity contribution in [2.45, 2.75) is 19.0 Å². The Hall–Kier alpha value is -3.71. The molecular weight excluding hydrogens is 428 g/mol. The summed E-state index contributed by atoms with van der Waals surface area (Å²) in [6.07, 6.45) is 3.65. The van der Waals surface area contributed by atoms with E-state index in [2.05, 4.69) is 15.6 Å². The molecule has 1 atom stereocenters. The van der Waals surface area contributed by atoms with Gasteiger partial charge in [0.1, 0.15) is 6.04 Å². The average Bonchev–Trinajstić information content (AvgIpc) is 2.89. The molecule has 1 aliphatic heterocycles. The molecule has 4 rings (SSSR count). The first-order valence-electron chi connectivity index (χ1n) is 10.1. The molecule has 2 aromatic carbocycles. The number of aromatic nitrogens is 1. The van der Waals surface area contributed by atoms with Crippen LogP contribution in [-0.4, -0.2) is 40.7 Å².